The van der Waals surface area contributed by atoms with E-state index in [0.717, 1.165) is 0 Å². The van der Waals surface area contributed by atoms with E-state index in [2.05, 4.69) is 6.58 Å². The largest absolute Gasteiger partial charge is 0.389 e. The van der Waals surface area contributed by atoms with E-state index in [1.807, 2.05) is 13.0 Å². The highest BCUT2D eigenvalue weighted by Gasteiger charge is 1.90. The average Bonchev–Trinajstić information content (AvgIpc) is 1.68. The maximum Gasteiger partial charge on any atom is 0.0755 e. The Morgan fingerprint density at radius 2 is 2.38 bits per heavy atom. The molecule has 0 saturated carbocycles. The summed E-state index contributed by atoms with van der Waals surface area (Å²) in [6.07, 6.45) is 5.57. The van der Waals surface area contributed by atoms with Crippen molar-refractivity contribution < 1.29 is 5.11 Å². The Balaban J connectivity index is 3.31. The van der Waals surface area contributed by atoms with Gasteiger partial charge in [-0.1, -0.05) is 18.2 Å². The summed E-state index contributed by atoms with van der Waals surface area (Å²) in [5.74, 6) is 0. The van der Waals surface area contributed by atoms with E-state index >= 15 is 0 Å². The lowest BCUT2D eigenvalue weighted by atomic mass is 10.2. The summed E-state index contributed by atoms with van der Waals surface area (Å²) < 4.78 is 0. The predicted octanol–water partition coefficient (Wildman–Crippen LogP) is 1.50. The monoisotopic (exact) mass is 112 g/mol. The van der Waals surface area contributed by atoms with Gasteiger partial charge in [0.1, 0.15) is 0 Å². The molecule has 8 heavy (non-hydrogen) atoms. The van der Waals surface area contributed by atoms with Gasteiger partial charge < -0.3 is 5.11 Å². The molecule has 0 aromatic heterocycles. The van der Waals surface area contributed by atoms with Crippen LogP contribution in [0.2, 0.25) is 0 Å². The summed E-state index contributed by atoms with van der Waals surface area (Å²) >= 11 is 0. The smallest absolute Gasteiger partial charge is 0.0755 e. The summed E-state index contributed by atoms with van der Waals surface area (Å²) in [4.78, 5) is 0. The molecule has 1 nitrogen and oxygen atoms in total. The quantitative estimate of drug-likeness (QED) is 0.548. The van der Waals surface area contributed by atoms with Crippen molar-refractivity contribution in [2.45, 2.75) is 19.4 Å². The Kier molecular flexibility index (Phi) is 4.27. The highest BCUT2D eigenvalue weighted by atomic mass is 16.3. The molecule has 1 atom stereocenters. The molecule has 0 heterocycles. The molecule has 1 heteroatoms. The first kappa shape index (κ1) is 7.44. The van der Waals surface area contributed by atoms with Gasteiger partial charge in [-0.3, -0.25) is 0 Å². The molecule has 0 bridgehead atoms. The Hall–Kier alpha value is -0.560. The summed E-state index contributed by atoms with van der Waals surface area (Å²) in [5, 5.41) is 8.89. The van der Waals surface area contributed by atoms with Crippen LogP contribution in [0.3, 0.4) is 0 Å². The van der Waals surface area contributed by atoms with Gasteiger partial charge in [-0.2, -0.15) is 0 Å². The van der Waals surface area contributed by atoms with Gasteiger partial charge in [0, 0.05) is 0 Å². The lowest BCUT2D eigenvalue weighted by Crippen LogP contribution is -1.97. The number of rotatable bonds is 3. The number of aliphatic hydroxyl groups is 1. The van der Waals surface area contributed by atoms with Crippen LogP contribution >= 0.6 is 0 Å². The van der Waals surface area contributed by atoms with Crippen molar-refractivity contribution in [3.63, 3.8) is 0 Å². The molecule has 0 aliphatic rings. The van der Waals surface area contributed by atoms with Crippen molar-refractivity contribution in [2.24, 2.45) is 0 Å². The van der Waals surface area contributed by atoms with Crippen molar-refractivity contribution in [2.75, 3.05) is 0 Å². The molecule has 0 aromatic carbocycles. The first-order valence-electron chi connectivity index (χ1n) is 2.73. The van der Waals surface area contributed by atoms with Crippen LogP contribution in [0.1, 0.15) is 13.3 Å². The van der Waals surface area contributed by atoms with Gasteiger partial charge in [-0.25, -0.2) is 0 Å². The van der Waals surface area contributed by atoms with Crippen LogP contribution < -0.4 is 0 Å². The molecule has 0 rings (SSSR count). The molecule has 0 fully saturated rings. The summed E-state index contributed by atoms with van der Waals surface area (Å²) in [6.45, 7) is 5.37. The summed E-state index contributed by atoms with van der Waals surface area (Å²) in [7, 11) is 0. The van der Waals surface area contributed by atoms with Crippen LogP contribution in [0.5, 0.6) is 0 Å². The lowest BCUT2D eigenvalue weighted by molar-refractivity contribution is 0.227. The van der Waals surface area contributed by atoms with E-state index < -0.39 is 0 Å². The first-order valence-corrected chi connectivity index (χ1v) is 2.73. The minimum absolute atomic E-state index is 0.336. The van der Waals surface area contributed by atoms with E-state index in [1.165, 1.54) is 0 Å². The minimum Gasteiger partial charge on any atom is -0.389 e. The van der Waals surface area contributed by atoms with Crippen molar-refractivity contribution in [1.29, 1.82) is 0 Å². The molecule has 0 aliphatic heterocycles. The Morgan fingerprint density at radius 1 is 1.75 bits per heavy atom. The van der Waals surface area contributed by atoms with Gasteiger partial charge in [0.15, 0.2) is 0 Å². The fraction of sp³-hybridized carbons (Fsp3) is 0.429. The number of hydrogen-bond acceptors (Lipinski definition) is 1. The van der Waals surface area contributed by atoms with E-state index in [4.69, 9.17) is 5.11 Å². The fourth-order valence-corrected chi connectivity index (χ4v) is 0.471. The maximum absolute atomic E-state index is 8.89. The second-order valence-corrected chi connectivity index (χ2v) is 1.62. The van der Waals surface area contributed by atoms with Crippen LogP contribution in [-0.4, -0.2) is 11.2 Å². The lowest BCUT2D eigenvalue weighted by Gasteiger charge is -1.96. The van der Waals surface area contributed by atoms with Gasteiger partial charge in [0.25, 0.3) is 0 Å². The molecule has 0 saturated heterocycles. The molecular formula is C7H12O. The molecule has 0 amide bonds. The van der Waals surface area contributed by atoms with E-state index in [1.54, 1.807) is 12.2 Å². The number of hydrogen-bond donors (Lipinski definition) is 1. The highest BCUT2D eigenvalue weighted by molar-refractivity contribution is 4.89. The van der Waals surface area contributed by atoms with Gasteiger partial charge in [0.05, 0.1) is 6.10 Å². The van der Waals surface area contributed by atoms with Crippen LogP contribution in [0, 0.1) is 0 Å². The fourth-order valence-electron chi connectivity index (χ4n) is 0.471. The second-order valence-electron chi connectivity index (χ2n) is 1.62. The molecule has 0 radical (unpaired) electrons. The predicted molar refractivity (Wildman–Crippen MR) is 35.6 cm³/mol. The zero-order valence-corrected chi connectivity index (χ0v) is 5.17. The average molecular weight is 112 g/mol. The SMILES string of the molecule is C=CCC(O)/C=C\C. The van der Waals surface area contributed by atoms with Gasteiger partial charge >= 0.3 is 0 Å². The van der Waals surface area contributed by atoms with E-state index in [0.29, 0.717) is 6.42 Å². The zero-order valence-electron chi connectivity index (χ0n) is 5.17. The number of aliphatic hydroxyl groups excluding tert-OH is 1. The van der Waals surface area contributed by atoms with Crippen molar-refractivity contribution >= 4 is 0 Å². The third kappa shape index (κ3) is 3.62. The normalized spacial score (nSPS) is 14.2. The summed E-state index contributed by atoms with van der Waals surface area (Å²) in [6, 6.07) is 0. The molecule has 1 unspecified atom stereocenters. The van der Waals surface area contributed by atoms with Crippen molar-refractivity contribution in [3.8, 4) is 0 Å². The van der Waals surface area contributed by atoms with Crippen molar-refractivity contribution in [1.82, 2.24) is 0 Å². The minimum atomic E-state index is -0.336. The maximum atomic E-state index is 8.89. The van der Waals surface area contributed by atoms with Crippen LogP contribution in [0.15, 0.2) is 24.8 Å². The Bertz CT molecular complexity index is 84.4. The molecule has 0 spiro atoms. The third-order valence-corrected chi connectivity index (χ3v) is 0.823. The number of allylic oxidation sites excluding steroid dienone is 1. The molecule has 0 aromatic rings. The Morgan fingerprint density at radius 3 is 2.75 bits per heavy atom. The Labute approximate surface area is 50.3 Å². The summed E-state index contributed by atoms with van der Waals surface area (Å²) in [5.41, 5.74) is 0. The molecule has 1 N–H and O–H groups in total. The van der Waals surface area contributed by atoms with Crippen molar-refractivity contribution in [3.05, 3.63) is 24.8 Å². The topological polar surface area (TPSA) is 20.2 Å². The molecule has 0 aliphatic carbocycles. The van der Waals surface area contributed by atoms with Gasteiger partial charge in [-0.15, -0.1) is 6.58 Å². The third-order valence-electron chi connectivity index (χ3n) is 0.823. The van der Waals surface area contributed by atoms with Crippen LogP contribution in [-0.2, 0) is 0 Å². The zero-order chi connectivity index (χ0) is 6.41. The van der Waals surface area contributed by atoms with Crippen LogP contribution in [0.25, 0.3) is 0 Å². The van der Waals surface area contributed by atoms with E-state index in [-0.39, 0.29) is 6.10 Å². The first-order chi connectivity index (χ1) is 3.81. The van der Waals surface area contributed by atoms with E-state index in [9.17, 15) is 0 Å². The molecular weight excluding hydrogens is 100 g/mol. The second kappa shape index (κ2) is 4.60. The molecule has 46 valence electrons. The van der Waals surface area contributed by atoms with Gasteiger partial charge in [0.2, 0.25) is 0 Å². The highest BCUT2D eigenvalue weighted by Crippen LogP contribution is 1.92. The van der Waals surface area contributed by atoms with Gasteiger partial charge in [-0.05, 0) is 13.3 Å². The van der Waals surface area contributed by atoms with Crippen LogP contribution in [0.4, 0.5) is 0 Å². The standard InChI is InChI=1S/C7H12O/c1-3-5-7(8)6-4-2/h3-4,6-8H,1,5H2,2H3/b6-4-.